The second-order valence-corrected chi connectivity index (χ2v) is 25.7. The number of para-hydroxylation sites is 2. The van der Waals surface area contributed by atoms with Gasteiger partial charge in [0.05, 0.1) is 55.8 Å². The Bertz CT molecular complexity index is 5020. The van der Waals surface area contributed by atoms with Crippen molar-refractivity contribution in [2.45, 2.75) is 99.8 Å². The normalized spacial score (nSPS) is 12.9. The Morgan fingerprint density at radius 2 is 0.953 bits per heavy atom. The van der Waals surface area contributed by atoms with Crippen LogP contribution in [0.2, 0.25) is 0 Å². The minimum atomic E-state index is -0.0658. The van der Waals surface area contributed by atoms with Crippen LogP contribution in [0.5, 0.6) is 0 Å². The zero-order valence-electron chi connectivity index (χ0n) is 51.1. The second kappa shape index (κ2) is 20.2. The van der Waals surface area contributed by atoms with Crippen LogP contribution in [0.25, 0.3) is 92.9 Å². The molecular formula is C81H74N4. The fraction of sp³-hybridized carbons (Fsp3) is 0.185. The third kappa shape index (κ3) is 8.54. The van der Waals surface area contributed by atoms with Crippen LogP contribution in [0.15, 0.2) is 225 Å². The van der Waals surface area contributed by atoms with Gasteiger partial charge in [-0.25, -0.2) is 0 Å². The SMILES string of the molecule is C=C/C(=C\C(C)=C/C)c1cc(C(C)(C)C)ccc1N(c1ccc(CC)cc1)c1ccc2c3cc4c(cc3n3c5ccccc5c1c23)c1ccc(N(c2ccc(CC)cc2)c2ccc(C(C)(C)C)cc2-c2cccc(C)c2)c2c3ccccc3n4c12. The van der Waals surface area contributed by atoms with Crippen LogP contribution >= 0.6 is 0 Å². The highest BCUT2D eigenvalue weighted by Gasteiger charge is 2.31. The molecule has 0 spiro atoms. The number of fused-ring (bicyclic) bond motifs is 12. The molecule has 0 N–H and O–H groups in total. The first-order chi connectivity index (χ1) is 41.1. The summed E-state index contributed by atoms with van der Waals surface area (Å²) in [5.74, 6) is 0. The lowest BCUT2D eigenvalue weighted by Gasteiger charge is -2.31. The van der Waals surface area contributed by atoms with Crippen molar-refractivity contribution in [2.24, 2.45) is 0 Å². The van der Waals surface area contributed by atoms with Gasteiger partial charge in [0.1, 0.15) is 0 Å². The number of benzene rings is 10. The molecule has 0 fully saturated rings. The molecule has 0 aliphatic carbocycles. The Kier molecular flexibility index (Phi) is 12.7. The summed E-state index contributed by atoms with van der Waals surface area (Å²) in [5, 5.41) is 9.90. The molecule has 14 rings (SSSR count). The Morgan fingerprint density at radius 3 is 1.44 bits per heavy atom. The van der Waals surface area contributed by atoms with Crippen molar-refractivity contribution >= 4 is 116 Å². The Balaban J connectivity index is 1.05. The number of nitrogens with zero attached hydrogens (tertiary/aromatic N) is 4. The summed E-state index contributed by atoms with van der Waals surface area (Å²) in [5.41, 5.74) is 26.3. The van der Waals surface area contributed by atoms with Gasteiger partial charge in [0.25, 0.3) is 0 Å². The van der Waals surface area contributed by atoms with Crippen LogP contribution in [0.4, 0.5) is 34.1 Å². The van der Waals surface area contributed by atoms with Crippen molar-refractivity contribution in [2.75, 3.05) is 9.80 Å². The van der Waals surface area contributed by atoms with E-state index in [-0.39, 0.29) is 10.8 Å². The second-order valence-electron chi connectivity index (χ2n) is 25.7. The van der Waals surface area contributed by atoms with Crippen molar-refractivity contribution < 1.29 is 0 Å². The highest BCUT2D eigenvalue weighted by Crippen LogP contribution is 2.53. The monoisotopic (exact) mass is 1100 g/mol. The van der Waals surface area contributed by atoms with Crippen molar-refractivity contribution in [3.05, 3.63) is 258 Å². The van der Waals surface area contributed by atoms with Crippen LogP contribution < -0.4 is 9.80 Å². The quantitative estimate of drug-likeness (QED) is 0.113. The summed E-state index contributed by atoms with van der Waals surface area (Å²) in [7, 11) is 0. The molecule has 4 aromatic heterocycles. The van der Waals surface area contributed by atoms with E-state index < -0.39 is 0 Å². The average molecular weight is 1100 g/mol. The number of anilines is 6. The average Bonchev–Trinajstić information content (AvgIpc) is 1.60. The number of hydrogen-bond donors (Lipinski definition) is 0. The Morgan fingerprint density at radius 1 is 0.471 bits per heavy atom. The highest BCUT2D eigenvalue weighted by atomic mass is 15.2. The molecule has 14 aromatic rings. The molecule has 0 aliphatic heterocycles. The molecule has 85 heavy (non-hydrogen) atoms. The fourth-order valence-corrected chi connectivity index (χ4v) is 13.7. The topological polar surface area (TPSA) is 15.3 Å². The number of rotatable bonds is 12. The van der Waals surface area contributed by atoms with Gasteiger partial charge in [-0.1, -0.05) is 201 Å². The van der Waals surface area contributed by atoms with Gasteiger partial charge in [-0.05, 0) is 163 Å². The van der Waals surface area contributed by atoms with E-state index in [1.54, 1.807) is 0 Å². The predicted molar refractivity (Wildman–Crippen MR) is 369 cm³/mol. The molecule has 0 atom stereocenters. The van der Waals surface area contributed by atoms with Crippen LogP contribution in [-0.2, 0) is 23.7 Å². The number of aryl methyl sites for hydroxylation is 3. The molecule has 4 heterocycles. The van der Waals surface area contributed by atoms with Gasteiger partial charge in [0.15, 0.2) is 0 Å². The zero-order chi connectivity index (χ0) is 58.8. The van der Waals surface area contributed by atoms with Crippen molar-refractivity contribution in [1.29, 1.82) is 0 Å². The standard InChI is InChI=1S/C81H74N4/c1-13-50(5)44-54(16-4)64-46-56(80(7,8)9)32-40-70(64)82(58-34-28-52(14-2)29-35-58)72-42-38-60-66-48-75-67(49-74(66)84-68-26-19-17-24-62(68)76(72)78(60)84)61-39-43-73(77-63-25-18-20-27-69(63)85(75)79(61)77)83(59-36-30-53(15-3)31-37-59)71-41-33-57(81(10,11)12)47-65(71)55-23-21-22-51(6)45-55/h13,16-49H,4,14-15H2,1-3,5-12H3/b50-13-,54-44+. The molecule has 0 radical (unpaired) electrons. The van der Waals surface area contributed by atoms with Crippen molar-refractivity contribution in [1.82, 2.24) is 8.80 Å². The van der Waals surface area contributed by atoms with Crippen LogP contribution in [0, 0.1) is 6.92 Å². The first-order valence-corrected chi connectivity index (χ1v) is 30.5. The van der Waals surface area contributed by atoms with Crippen molar-refractivity contribution in [3.63, 3.8) is 0 Å². The summed E-state index contributed by atoms with van der Waals surface area (Å²) in [6.45, 7) is 29.2. The summed E-state index contributed by atoms with van der Waals surface area (Å²) in [6.07, 6.45) is 8.43. The molecule has 0 aliphatic rings. The molecule has 418 valence electrons. The minimum Gasteiger partial charge on any atom is -0.309 e. The van der Waals surface area contributed by atoms with Gasteiger partial charge in [-0.3, -0.25) is 0 Å². The van der Waals surface area contributed by atoms with Gasteiger partial charge in [0, 0.05) is 65.6 Å². The maximum Gasteiger partial charge on any atom is 0.0641 e. The maximum atomic E-state index is 4.43. The number of allylic oxidation sites excluding steroid dienone is 5. The highest BCUT2D eigenvalue weighted by molar-refractivity contribution is 6.32. The van der Waals surface area contributed by atoms with E-state index in [0.29, 0.717) is 0 Å². The third-order valence-corrected chi connectivity index (χ3v) is 18.4. The smallest absolute Gasteiger partial charge is 0.0641 e. The first kappa shape index (κ1) is 53.6. The first-order valence-electron chi connectivity index (χ1n) is 30.5. The fourth-order valence-electron chi connectivity index (χ4n) is 13.7. The van der Waals surface area contributed by atoms with Gasteiger partial charge in [-0.2, -0.15) is 0 Å². The molecule has 0 saturated carbocycles. The van der Waals surface area contributed by atoms with Gasteiger partial charge in [0.2, 0.25) is 0 Å². The van der Waals surface area contributed by atoms with E-state index in [9.17, 15) is 0 Å². The molecule has 4 nitrogen and oxygen atoms in total. The lowest BCUT2D eigenvalue weighted by atomic mass is 9.84. The van der Waals surface area contributed by atoms with Crippen LogP contribution in [0.3, 0.4) is 0 Å². The maximum absolute atomic E-state index is 4.43. The Labute approximate surface area is 500 Å². The van der Waals surface area contributed by atoms with E-state index >= 15 is 0 Å². The van der Waals surface area contributed by atoms with E-state index in [0.717, 1.165) is 58.1 Å². The van der Waals surface area contributed by atoms with Crippen LogP contribution in [0.1, 0.15) is 103 Å². The van der Waals surface area contributed by atoms with E-state index in [1.807, 2.05) is 6.08 Å². The molecule has 4 heteroatoms. The molecule has 0 unspecified atom stereocenters. The van der Waals surface area contributed by atoms with Gasteiger partial charge >= 0.3 is 0 Å². The third-order valence-electron chi connectivity index (χ3n) is 18.4. The van der Waals surface area contributed by atoms with Crippen LogP contribution in [-0.4, -0.2) is 8.80 Å². The van der Waals surface area contributed by atoms with E-state index in [1.165, 1.54) is 121 Å². The lowest BCUT2D eigenvalue weighted by Crippen LogP contribution is -2.15. The van der Waals surface area contributed by atoms with E-state index in [4.69, 9.17) is 0 Å². The lowest BCUT2D eigenvalue weighted by molar-refractivity contribution is 0.590. The molecule has 0 bridgehead atoms. The molecule has 0 saturated heterocycles. The van der Waals surface area contributed by atoms with Gasteiger partial charge < -0.3 is 18.6 Å². The van der Waals surface area contributed by atoms with Gasteiger partial charge in [-0.15, -0.1) is 0 Å². The minimum absolute atomic E-state index is 0.0392. The summed E-state index contributed by atoms with van der Waals surface area (Å²) in [4.78, 5) is 5.06. The van der Waals surface area contributed by atoms with Crippen molar-refractivity contribution in [3.8, 4) is 11.1 Å². The Hall–Kier alpha value is -9.38. The zero-order valence-corrected chi connectivity index (χ0v) is 51.1. The molecule has 0 amide bonds. The summed E-state index contributed by atoms with van der Waals surface area (Å²) < 4.78 is 5.14. The largest absolute Gasteiger partial charge is 0.309 e. The number of aromatic nitrogens is 2. The summed E-state index contributed by atoms with van der Waals surface area (Å²) >= 11 is 0. The predicted octanol–water partition coefficient (Wildman–Crippen LogP) is 23.2. The molecular weight excluding hydrogens is 1030 g/mol. The molecule has 10 aromatic carbocycles. The summed E-state index contributed by atoms with van der Waals surface area (Å²) in [6, 6.07) is 74.5. The number of hydrogen-bond acceptors (Lipinski definition) is 2. The van der Waals surface area contributed by atoms with E-state index in [2.05, 4.69) is 308 Å².